The number of aromatic nitrogens is 3. The standard InChI is InChI=1S/C55H38N3PS/c1-55-27-26-39(28-42(55)22-23-45(33-55)59(60,43-15-4-2-5-16-43)44-17-6-3-7-18-44)38-21-25-52-48(30-38)47-29-36-12-8-9-13-37(36)31-49(47)54-57-51-24-20-40(32-53(51)58(52)54)50-35-56-34-41-14-10-11-19-46(41)50/h2-26,28-35H,27H2,1H3. The van der Waals surface area contributed by atoms with E-state index in [9.17, 15) is 0 Å². The van der Waals surface area contributed by atoms with Gasteiger partial charge in [-0.1, -0.05) is 170 Å². The Bertz CT molecular complexity index is 3570. The first kappa shape index (κ1) is 35.3. The predicted octanol–water partition coefficient (Wildman–Crippen LogP) is 13.5. The third-order valence-corrected chi connectivity index (χ3v) is 17.8. The fourth-order valence-corrected chi connectivity index (χ4v) is 13.6. The number of hydrogen-bond donors (Lipinski definition) is 0. The van der Waals surface area contributed by atoms with Gasteiger partial charge in [0, 0.05) is 45.6 Å². The highest BCUT2D eigenvalue weighted by atomic mass is 32.4. The summed E-state index contributed by atoms with van der Waals surface area (Å²) in [4.78, 5) is 9.95. The van der Waals surface area contributed by atoms with Gasteiger partial charge < -0.3 is 0 Å². The van der Waals surface area contributed by atoms with E-state index in [0.29, 0.717) is 0 Å². The summed E-state index contributed by atoms with van der Waals surface area (Å²) in [6.45, 7) is 2.37. The van der Waals surface area contributed by atoms with Gasteiger partial charge in [-0.05, 0) is 103 Å². The fourth-order valence-electron chi connectivity index (χ4n) is 9.67. The molecule has 0 radical (unpaired) electrons. The van der Waals surface area contributed by atoms with Crippen LogP contribution in [-0.4, -0.2) is 14.4 Å². The van der Waals surface area contributed by atoms with Crippen LogP contribution in [0.25, 0.3) is 76.6 Å². The predicted molar refractivity (Wildman–Crippen MR) is 258 cm³/mol. The number of rotatable bonds is 5. The molecule has 0 aliphatic heterocycles. The number of allylic oxidation sites excluding steroid dienone is 8. The van der Waals surface area contributed by atoms with E-state index in [0.717, 1.165) is 50.5 Å². The molecular formula is C55H38N3PS. The average Bonchev–Trinajstić information content (AvgIpc) is 3.70. The van der Waals surface area contributed by atoms with Gasteiger partial charge in [-0.25, -0.2) is 4.98 Å². The first-order valence-electron chi connectivity index (χ1n) is 20.5. The van der Waals surface area contributed by atoms with E-state index in [4.69, 9.17) is 16.8 Å². The summed E-state index contributed by atoms with van der Waals surface area (Å²) in [6.07, 6.45) is 16.8. The lowest BCUT2D eigenvalue weighted by Gasteiger charge is -2.37. The summed E-state index contributed by atoms with van der Waals surface area (Å²) in [5.41, 5.74) is 10.0. The van der Waals surface area contributed by atoms with E-state index >= 15 is 0 Å². The Hall–Kier alpha value is -6.71. The van der Waals surface area contributed by atoms with Crippen molar-refractivity contribution in [1.29, 1.82) is 0 Å². The van der Waals surface area contributed by atoms with Crippen LogP contribution < -0.4 is 10.6 Å². The third kappa shape index (κ3) is 5.38. The number of hydrogen-bond acceptors (Lipinski definition) is 3. The Balaban J connectivity index is 1.01. The highest BCUT2D eigenvalue weighted by Crippen LogP contribution is 2.57. The monoisotopic (exact) mass is 803 g/mol. The summed E-state index contributed by atoms with van der Waals surface area (Å²) in [5.74, 6) is 0. The summed E-state index contributed by atoms with van der Waals surface area (Å²) >= 11 is 6.77. The Morgan fingerprint density at radius 1 is 0.600 bits per heavy atom. The molecule has 3 aromatic heterocycles. The molecule has 3 nitrogen and oxygen atoms in total. The molecule has 2 aliphatic rings. The van der Waals surface area contributed by atoms with Crippen LogP contribution in [0.3, 0.4) is 0 Å². The highest BCUT2D eigenvalue weighted by molar-refractivity contribution is 8.24. The van der Waals surface area contributed by atoms with Crippen LogP contribution in [0.15, 0.2) is 211 Å². The second-order valence-electron chi connectivity index (χ2n) is 16.4. The largest absolute Gasteiger partial charge is 0.292 e. The Morgan fingerprint density at radius 2 is 1.28 bits per heavy atom. The van der Waals surface area contributed by atoms with E-state index < -0.39 is 6.04 Å². The van der Waals surface area contributed by atoms with Crippen molar-refractivity contribution < 1.29 is 0 Å². The minimum atomic E-state index is -2.26. The topological polar surface area (TPSA) is 30.2 Å². The van der Waals surface area contributed by atoms with Crippen molar-refractivity contribution in [2.45, 2.75) is 13.3 Å². The molecule has 1 unspecified atom stereocenters. The van der Waals surface area contributed by atoms with Crippen LogP contribution in [0.2, 0.25) is 0 Å². The average molecular weight is 804 g/mol. The highest BCUT2D eigenvalue weighted by Gasteiger charge is 2.35. The minimum absolute atomic E-state index is 0.164. The summed E-state index contributed by atoms with van der Waals surface area (Å²) < 4.78 is 2.37. The summed E-state index contributed by atoms with van der Waals surface area (Å²) in [6, 6.07) is 54.7. The lowest BCUT2D eigenvalue weighted by molar-refractivity contribution is 0.527. The number of benzene rings is 7. The van der Waals surface area contributed by atoms with Crippen LogP contribution in [0, 0.1) is 5.41 Å². The van der Waals surface area contributed by atoms with E-state index in [1.165, 1.54) is 59.6 Å². The van der Waals surface area contributed by atoms with Crippen LogP contribution in [0.1, 0.15) is 18.9 Å². The molecule has 0 spiro atoms. The quantitative estimate of drug-likeness (QED) is 0.0986. The molecule has 5 heteroatoms. The number of imidazole rings is 1. The Labute approximate surface area is 353 Å². The smallest absolute Gasteiger partial charge is 0.146 e. The van der Waals surface area contributed by atoms with Crippen molar-refractivity contribution in [1.82, 2.24) is 14.4 Å². The van der Waals surface area contributed by atoms with Gasteiger partial charge >= 0.3 is 0 Å². The molecule has 0 bridgehead atoms. The van der Waals surface area contributed by atoms with Gasteiger partial charge in [0.25, 0.3) is 0 Å². The van der Waals surface area contributed by atoms with Crippen molar-refractivity contribution in [2.24, 2.45) is 5.41 Å². The van der Waals surface area contributed by atoms with Crippen LogP contribution in [0.5, 0.6) is 0 Å². The number of pyridine rings is 2. The zero-order valence-electron chi connectivity index (χ0n) is 33.0. The maximum absolute atomic E-state index is 6.77. The van der Waals surface area contributed by atoms with Gasteiger partial charge in [0.05, 0.1) is 16.6 Å². The molecule has 2 aliphatic carbocycles. The summed E-state index contributed by atoms with van der Waals surface area (Å²) in [7, 11) is 0. The summed E-state index contributed by atoms with van der Waals surface area (Å²) in [5, 5.41) is 12.0. The SMILES string of the molecule is CC12C=C(P(=S)(c3ccccc3)c3ccccc3)C=CC1=CC(c1ccc3c(c1)c1cc4ccccc4cc1c1nc4ccc(-c5cncc6ccccc56)cc4n31)=CC2. The number of fused-ring (bicyclic) bond motifs is 11. The molecule has 1 atom stereocenters. The Morgan fingerprint density at radius 3 is 2.05 bits per heavy atom. The Kier molecular flexibility index (Phi) is 7.88. The molecule has 0 fully saturated rings. The molecule has 284 valence electrons. The van der Waals surface area contributed by atoms with Crippen LogP contribution >= 0.6 is 6.04 Å². The van der Waals surface area contributed by atoms with Gasteiger partial charge in [0.15, 0.2) is 0 Å². The molecule has 7 aromatic carbocycles. The van der Waals surface area contributed by atoms with Crippen molar-refractivity contribution in [3.63, 3.8) is 0 Å². The maximum atomic E-state index is 6.77. The van der Waals surface area contributed by atoms with E-state index in [-0.39, 0.29) is 5.41 Å². The van der Waals surface area contributed by atoms with Crippen molar-refractivity contribution in [3.8, 4) is 11.1 Å². The van der Waals surface area contributed by atoms with Gasteiger partial charge in [-0.3, -0.25) is 9.38 Å². The second kappa shape index (κ2) is 13.4. The van der Waals surface area contributed by atoms with Crippen molar-refractivity contribution in [2.75, 3.05) is 0 Å². The van der Waals surface area contributed by atoms with Crippen molar-refractivity contribution >= 4 is 93.9 Å². The minimum Gasteiger partial charge on any atom is -0.292 e. The first-order chi connectivity index (χ1) is 29.4. The lowest BCUT2D eigenvalue weighted by Crippen LogP contribution is -2.24. The lowest BCUT2D eigenvalue weighted by atomic mass is 9.72. The molecule has 60 heavy (non-hydrogen) atoms. The van der Waals surface area contributed by atoms with Gasteiger partial charge in [-0.15, -0.1) is 0 Å². The maximum Gasteiger partial charge on any atom is 0.146 e. The second-order valence-corrected chi connectivity index (χ2v) is 20.8. The molecule has 10 aromatic rings. The van der Waals surface area contributed by atoms with Crippen LogP contribution in [-0.2, 0) is 11.8 Å². The molecule has 12 rings (SSSR count). The molecule has 0 saturated heterocycles. The molecule has 0 amide bonds. The molecule has 0 saturated carbocycles. The van der Waals surface area contributed by atoms with Gasteiger partial charge in [0.1, 0.15) is 5.65 Å². The number of nitrogens with zero attached hydrogens (tertiary/aromatic N) is 3. The molecule has 0 N–H and O–H groups in total. The fraction of sp³-hybridized carbons (Fsp3) is 0.0545. The van der Waals surface area contributed by atoms with Crippen LogP contribution in [0.4, 0.5) is 0 Å². The van der Waals surface area contributed by atoms with E-state index in [2.05, 4.69) is 204 Å². The van der Waals surface area contributed by atoms with Gasteiger partial charge in [-0.2, -0.15) is 0 Å². The molecule has 3 heterocycles. The van der Waals surface area contributed by atoms with Crippen molar-refractivity contribution in [3.05, 3.63) is 217 Å². The third-order valence-electron chi connectivity index (χ3n) is 12.8. The molecular weight excluding hydrogens is 766 g/mol. The normalized spacial score (nSPS) is 16.7. The van der Waals surface area contributed by atoms with E-state index in [1.54, 1.807) is 0 Å². The van der Waals surface area contributed by atoms with E-state index in [1.807, 2.05) is 12.4 Å². The zero-order chi connectivity index (χ0) is 40.0. The van der Waals surface area contributed by atoms with Gasteiger partial charge in [0.2, 0.25) is 0 Å². The zero-order valence-corrected chi connectivity index (χ0v) is 34.7. The first-order valence-corrected chi connectivity index (χ1v) is 23.3.